The summed E-state index contributed by atoms with van der Waals surface area (Å²) in [5.41, 5.74) is 8.97. The van der Waals surface area contributed by atoms with E-state index in [2.05, 4.69) is 46.4 Å². The van der Waals surface area contributed by atoms with Gasteiger partial charge >= 0.3 is 0 Å². The quantitative estimate of drug-likeness (QED) is 0.317. The summed E-state index contributed by atoms with van der Waals surface area (Å²) in [6, 6.07) is 8.25. The zero-order valence-corrected chi connectivity index (χ0v) is 17.1. The predicted octanol–water partition coefficient (Wildman–Crippen LogP) is 2.31. The first-order chi connectivity index (χ1) is 13.3. The van der Waals surface area contributed by atoms with Gasteiger partial charge in [0.1, 0.15) is 6.42 Å². The van der Waals surface area contributed by atoms with Crippen molar-refractivity contribution in [3.05, 3.63) is 52.3 Å². The zero-order chi connectivity index (χ0) is 20.7. The molecule has 0 spiro atoms. The third-order valence-electron chi connectivity index (χ3n) is 4.48. The summed E-state index contributed by atoms with van der Waals surface area (Å²) in [4.78, 5) is 23.4. The summed E-state index contributed by atoms with van der Waals surface area (Å²) in [6.07, 6.45) is 1.33. The van der Waals surface area contributed by atoms with E-state index in [4.69, 9.17) is 4.74 Å². The van der Waals surface area contributed by atoms with E-state index in [-0.39, 0.29) is 12.3 Å². The van der Waals surface area contributed by atoms with E-state index in [0.717, 1.165) is 22.6 Å². The molecule has 0 radical (unpaired) electrons. The molecule has 0 aliphatic heterocycles. The molecule has 7 heteroatoms. The second-order valence-electron chi connectivity index (χ2n) is 6.72. The van der Waals surface area contributed by atoms with Crippen molar-refractivity contribution in [1.82, 2.24) is 15.3 Å². The van der Waals surface area contributed by atoms with Gasteiger partial charge in [-0.1, -0.05) is 18.2 Å². The molecule has 0 saturated carbocycles. The van der Waals surface area contributed by atoms with Crippen LogP contribution in [-0.2, 0) is 14.3 Å². The third-order valence-corrected chi connectivity index (χ3v) is 4.48. The highest BCUT2D eigenvalue weighted by Gasteiger charge is 2.13. The summed E-state index contributed by atoms with van der Waals surface area (Å²) in [5.74, 6) is -0.826. The molecule has 2 rings (SSSR count). The van der Waals surface area contributed by atoms with Gasteiger partial charge in [0.25, 0.3) is 0 Å². The molecule has 0 bridgehead atoms. The Kier molecular flexibility index (Phi) is 7.52. The minimum atomic E-state index is -0.463. The molecule has 0 atom stereocenters. The largest absolute Gasteiger partial charge is 0.383 e. The lowest BCUT2D eigenvalue weighted by atomic mass is 10.1. The molecule has 0 aliphatic carbocycles. The molecule has 0 aliphatic rings. The maximum Gasteiger partial charge on any atom is 0.249 e. The first-order valence-corrected chi connectivity index (χ1v) is 9.18. The Hall–Kier alpha value is -2.93. The van der Waals surface area contributed by atoms with E-state index in [1.807, 2.05) is 26.0 Å². The molecule has 2 N–H and O–H groups in total. The fraction of sp³-hybridized carbons (Fsp3) is 0.381. The van der Waals surface area contributed by atoms with Crippen molar-refractivity contribution < 1.29 is 14.3 Å². The number of carbonyl (C=O) groups is 2. The van der Waals surface area contributed by atoms with Gasteiger partial charge in [0.15, 0.2) is 0 Å². The topological polar surface area (TPSA) is 84.7 Å². The number of hydrogen-bond acceptors (Lipinski definition) is 4. The second kappa shape index (κ2) is 9.85. The number of methoxy groups -OCH3 is 1. The van der Waals surface area contributed by atoms with Gasteiger partial charge in [0.05, 0.1) is 18.5 Å². The Balaban J connectivity index is 2.06. The highest BCUT2D eigenvalue weighted by molar-refractivity contribution is 5.97. The smallest absolute Gasteiger partial charge is 0.249 e. The number of amides is 2. The number of carbonyl (C=O) groups excluding carboxylic acids is 2. The Morgan fingerprint density at radius 3 is 2.46 bits per heavy atom. The van der Waals surface area contributed by atoms with Gasteiger partial charge in [-0.2, -0.15) is 5.10 Å². The number of nitrogens with one attached hydrogen (secondary N) is 2. The molecule has 1 heterocycles. The normalized spacial score (nSPS) is 11.0. The number of hydrogen-bond donors (Lipinski definition) is 2. The van der Waals surface area contributed by atoms with Gasteiger partial charge in [0.2, 0.25) is 11.8 Å². The molecule has 28 heavy (non-hydrogen) atoms. The van der Waals surface area contributed by atoms with Crippen LogP contribution in [0.5, 0.6) is 0 Å². The van der Waals surface area contributed by atoms with Crippen LogP contribution < -0.4 is 10.7 Å². The molecule has 150 valence electrons. The molecule has 2 amide bonds. The van der Waals surface area contributed by atoms with Crippen molar-refractivity contribution in [3.63, 3.8) is 0 Å². The van der Waals surface area contributed by atoms with E-state index in [0.29, 0.717) is 13.2 Å². The standard InChI is InChI=1S/C21H28N4O3/c1-14-7-6-8-15(2)21(14)25-16(3)11-18(17(25)4)13-23-24-20(27)12-19(26)22-9-10-28-5/h6-8,11,13H,9-10,12H2,1-5H3,(H,22,26)(H,24,27)/b23-13+. The van der Waals surface area contributed by atoms with Crippen LogP contribution in [0.2, 0.25) is 0 Å². The van der Waals surface area contributed by atoms with Gasteiger partial charge in [-0.25, -0.2) is 5.43 Å². The summed E-state index contributed by atoms with van der Waals surface area (Å²) in [6.45, 7) is 9.02. The Morgan fingerprint density at radius 2 is 1.82 bits per heavy atom. The number of aryl methyl sites for hydroxylation is 3. The van der Waals surface area contributed by atoms with Gasteiger partial charge in [-0.3, -0.25) is 9.59 Å². The summed E-state index contributed by atoms with van der Waals surface area (Å²) >= 11 is 0. The first-order valence-electron chi connectivity index (χ1n) is 9.18. The molecule has 0 unspecified atom stereocenters. The van der Waals surface area contributed by atoms with Crippen LogP contribution in [0.3, 0.4) is 0 Å². The Bertz CT molecular complexity index is 864. The number of benzene rings is 1. The maximum absolute atomic E-state index is 11.8. The van der Waals surface area contributed by atoms with Crippen molar-refractivity contribution in [3.8, 4) is 5.69 Å². The van der Waals surface area contributed by atoms with Crippen LogP contribution in [0.1, 0.15) is 34.5 Å². The minimum absolute atomic E-state index is 0.275. The lowest BCUT2D eigenvalue weighted by molar-refractivity contribution is -0.129. The fourth-order valence-electron chi connectivity index (χ4n) is 3.13. The number of nitrogens with zero attached hydrogens (tertiary/aromatic N) is 2. The number of para-hydroxylation sites is 1. The van der Waals surface area contributed by atoms with E-state index in [1.165, 1.54) is 11.1 Å². The van der Waals surface area contributed by atoms with Crippen molar-refractivity contribution in [2.45, 2.75) is 34.1 Å². The van der Waals surface area contributed by atoms with E-state index >= 15 is 0 Å². The van der Waals surface area contributed by atoms with Crippen LogP contribution in [0.4, 0.5) is 0 Å². The van der Waals surface area contributed by atoms with Crippen LogP contribution in [0, 0.1) is 27.7 Å². The van der Waals surface area contributed by atoms with Gasteiger partial charge < -0.3 is 14.6 Å². The highest BCUT2D eigenvalue weighted by Crippen LogP contribution is 2.25. The Morgan fingerprint density at radius 1 is 1.14 bits per heavy atom. The highest BCUT2D eigenvalue weighted by atomic mass is 16.5. The van der Waals surface area contributed by atoms with Crippen LogP contribution >= 0.6 is 0 Å². The lowest BCUT2D eigenvalue weighted by Gasteiger charge is -2.15. The average Bonchev–Trinajstić information content (AvgIpc) is 2.89. The SMILES string of the molecule is COCCNC(=O)CC(=O)N/N=C/c1cc(C)n(-c2c(C)cccc2C)c1C. The van der Waals surface area contributed by atoms with Gasteiger partial charge in [-0.15, -0.1) is 0 Å². The van der Waals surface area contributed by atoms with Crippen LogP contribution in [-0.4, -0.2) is 42.9 Å². The minimum Gasteiger partial charge on any atom is -0.383 e. The van der Waals surface area contributed by atoms with Gasteiger partial charge in [0, 0.05) is 30.6 Å². The molecule has 1 aromatic heterocycles. The first kappa shape index (κ1) is 21.4. The summed E-state index contributed by atoms with van der Waals surface area (Å²) in [7, 11) is 1.55. The molecule has 1 aromatic carbocycles. The summed E-state index contributed by atoms with van der Waals surface area (Å²) in [5, 5.41) is 6.59. The molecular formula is C21H28N4O3. The molecule has 2 aromatic rings. The van der Waals surface area contributed by atoms with Gasteiger partial charge in [-0.05, 0) is 44.9 Å². The molecular weight excluding hydrogens is 356 g/mol. The van der Waals surface area contributed by atoms with Crippen molar-refractivity contribution in [2.75, 3.05) is 20.3 Å². The lowest BCUT2D eigenvalue weighted by Crippen LogP contribution is -2.31. The average molecular weight is 384 g/mol. The van der Waals surface area contributed by atoms with Crippen molar-refractivity contribution >= 4 is 18.0 Å². The van der Waals surface area contributed by atoms with E-state index in [9.17, 15) is 9.59 Å². The number of ether oxygens (including phenoxy) is 1. The van der Waals surface area contributed by atoms with Crippen LogP contribution in [0.25, 0.3) is 5.69 Å². The van der Waals surface area contributed by atoms with E-state index < -0.39 is 5.91 Å². The molecule has 0 saturated heterocycles. The fourth-order valence-corrected chi connectivity index (χ4v) is 3.13. The molecule has 0 fully saturated rings. The Labute approximate surface area is 165 Å². The number of aromatic nitrogens is 1. The third kappa shape index (κ3) is 5.29. The second-order valence-corrected chi connectivity index (χ2v) is 6.72. The zero-order valence-electron chi connectivity index (χ0n) is 17.1. The van der Waals surface area contributed by atoms with Crippen LogP contribution in [0.15, 0.2) is 29.4 Å². The number of hydrazone groups is 1. The van der Waals surface area contributed by atoms with Crippen molar-refractivity contribution in [2.24, 2.45) is 5.10 Å². The summed E-state index contributed by atoms with van der Waals surface area (Å²) < 4.78 is 7.03. The molecule has 7 nitrogen and oxygen atoms in total. The predicted molar refractivity (Wildman–Crippen MR) is 110 cm³/mol. The van der Waals surface area contributed by atoms with E-state index in [1.54, 1.807) is 13.3 Å². The number of rotatable bonds is 8. The monoisotopic (exact) mass is 384 g/mol. The van der Waals surface area contributed by atoms with Crippen molar-refractivity contribution in [1.29, 1.82) is 0 Å². The maximum atomic E-state index is 11.8.